The van der Waals surface area contributed by atoms with Crippen molar-refractivity contribution in [1.82, 2.24) is 4.98 Å². The lowest BCUT2D eigenvalue weighted by Crippen LogP contribution is -2.24. The summed E-state index contributed by atoms with van der Waals surface area (Å²) >= 11 is 0. The van der Waals surface area contributed by atoms with Gasteiger partial charge in [-0.2, -0.15) is 0 Å². The summed E-state index contributed by atoms with van der Waals surface area (Å²) in [4.78, 5) is 9.68. The molecule has 1 heterocycles. The molecule has 2 aliphatic carbocycles. The highest BCUT2D eigenvalue weighted by Gasteiger charge is 2.43. The van der Waals surface area contributed by atoms with Crippen LogP contribution in [0.15, 0.2) is 192 Å². The van der Waals surface area contributed by atoms with Gasteiger partial charge in [-0.1, -0.05) is 119 Å². The number of benzene rings is 8. The molecule has 8 aromatic carbocycles. The minimum Gasteiger partial charge on any atom is -0.436 e. The third-order valence-corrected chi connectivity index (χ3v) is 14.5. The van der Waals surface area contributed by atoms with Crippen molar-refractivity contribution in [3.05, 3.63) is 210 Å². The van der Waals surface area contributed by atoms with E-state index >= 15 is 0 Å². The van der Waals surface area contributed by atoms with E-state index in [0.717, 1.165) is 70.8 Å². The molecule has 0 saturated carbocycles. The zero-order valence-electron chi connectivity index (χ0n) is 36.5. The molecule has 4 nitrogen and oxygen atoms in total. The average Bonchev–Trinajstić information content (AvgIpc) is 3.99. The second-order valence-electron chi connectivity index (χ2n) is 17.2. The predicted molar refractivity (Wildman–Crippen MR) is 262 cm³/mol. The summed E-state index contributed by atoms with van der Waals surface area (Å²) < 4.78 is 6.23. The van der Waals surface area contributed by atoms with Crippen molar-refractivity contribution in [2.24, 2.45) is 0 Å². The van der Waals surface area contributed by atoms with Crippen LogP contribution >= 0.6 is 0 Å². The Morgan fingerprint density at radius 2 is 0.778 bits per heavy atom. The zero-order valence-corrected chi connectivity index (χ0v) is 36.5. The average molecular weight is 818 g/mol. The Morgan fingerprint density at radius 1 is 0.381 bits per heavy atom. The van der Waals surface area contributed by atoms with E-state index in [0.29, 0.717) is 5.89 Å². The first kappa shape index (κ1) is 38.7. The molecule has 4 heteroatoms. The molecule has 1 aromatic heterocycles. The predicted octanol–water partition coefficient (Wildman–Crippen LogP) is 16.6. The molecule has 308 valence electrons. The molecular weight excluding hydrogens is 767 g/mol. The van der Waals surface area contributed by atoms with E-state index in [4.69, 9.17) is 9.40 Å². The molecule has 0 fully saturated rings. The maximum absolute atomic E-state index is 6.23. The lowest BCUT2D eigenvalue weighted by Gasteiger charge is -2.33. The van der Waals surface area contributed by atoms with Gasteiger partial charge in [-0.15, -0.1) is 0 Å². The van der Waals surface area contributed by atoms with Crippen LogP contribution in [0.4, 0.5) is 34.1 Å². The van der Waals surface area contributed by atoms with E-state index in [9.17, 15) is 0 Å². The second-order valence-corrected chi connectivity index (χ2v) is 17.2. The quantitative estimate of drug-likeness (QED) is 0.130. The van der Waals surface area contributed by atoms with Gasteiger partial charge in [-0.3, -0.25) is 0 Å². The Bertz CT molecular complexity index is 3050. The Hall–Kier alpha value is -7.17. The van der Waals surface area contributed by atoms with E-state index in [1.54, 1.807) is 0 Å². The van der Waals surface area contributed by atoms with Gasteiger partial charge in [0.15, 0.2) is 5.58 Å². The van der Waals surface area contributed by atoms with Crippen molar-refractivity contribution in [3.63, 3.8) is 0 Å². The molecule has 0 atom stereocenters. The van der Waals surface area contributed by atoms with E-state index in [1.165, 1.54) is 50.2 Å². The minimum atomic E-state index is -0.169. The fraction of sp³-hybridized carbons (Fsp3) is 0.169. The Morgan fingerprint density at radius 3 is 1.29 bits per heavy atom. The van der Waals surface area contributed by atoms with Crippen LogP contribution in [0.3, 0.4) is 0 Å². The van der Waals surface area contributed by atoms with Crippen LogP contribution in [0, 0.1) is 0 Å². The molecule has 2 aliphatic rings. The van der Waals surface area contributed by atoms with E-state index in [-0.39, 0.29) is 10.8 Å². The zero-order chi connectivity index (χ0) is 42.7. The van der Waals surface area contributed by atoms with E-state index in [2.05, 4.69) is 201 Å². The summed E-state index contributed by atoms with van der Waals surface area (Å²) in [5, 5.41) is 0. The van der Waals surface area contributed by atoms with Gasteiger partial charge in [0.05, 0.1) is 0 Å². The molecule has 0 aliphatic heterocycles. The fourth-order valence-corrected chi connectivity index (χ4v) is 11.2. The van der Waals surface area contributed by atoms with E-state index in [1.807, 2.05) is 24.3 Å². The highest BCUT2D eigenvalue weighted by atomic mass is 16.3. The summed E-state index contributed by atoms with van der Waals surface area (Å²) in [5.74, 6) is 0.628. The number of hydrogen-bond acceptors (Lipinski definition) is 4. The summed E-state index contributed by atoms with van der Waals surface area (Å²) in [6.07, 6.45) is 4.05. The molecular formula is C59H51N3O. The molecule has 0 amide bonds. The Labute approximate surface area is 371 Å². The maximum atomic E-state index is 6.23. The van der Waals surface area contributed by atoms with Gasteiger partial charge in [0.2, 0.25) is 5.89 Å². The van der Waals surface area contributed by atoms with Gasteiger partial charge in [0, 0.05) is 50.5 Å². The number of oxazole rings is 1. The highest BCUT2D eigenvalue weighted by molar-refractivity contribution is 5.90. The van der Waals surface area contributed by atoms with E-state index < -0.39 is 0 Å². The molecule has 11 rings (SSSR count). The van der Waals surface area contributed by atoms with Crippen LogP contribution in [0.25, 0.3) is 44.8 Å². The van der Waals surface area contributed by atoms with Crippen LogP contribution in [-0.2, 0) is 10.8 Å². The number of para-hydroxylation sites is 4. The van der Waals surface area contributed by atoms with Crippen LogP contribution in [-0.4, -0.2) is 4.98 Å². The summed E-state index contributed by atoms with van der Waals surface area (Å²) in [7, 11) is 0. The van der Waals surface area contributed by atoms with Gasteiger partial charge in [0.1, 0.15) is 5.52 Å². The van der Waals surface area contributed by atoms with Crippen molar-refractivity contribution in [3.8, 4) is 33.7 Å². The van der Waals surface area contributed by atoms with Crippen molar-refractivity contribution in [2.75, 3.05) is 9.80 Å². The third kappa shape index (κ3) is 5.99. The monoisotopic (exact) mass is 817 g/mol. The molecule has 0 radical (unpaired) electrons. The van der Waals surface area contributed by atoms with Crippen molar-refractivity contribution >= 4 is 45.2 Å². The third-order valence-electron chi connectivity index (χ3n) is 14.5. The fourth-order valence-electron chi connectivity index (χ4n) is 11.2. The van der Waals surface area contributed by atoms with Crippen LogP contribution < -0.4 is 9.80 Å². The highest BCUT2D eigenvalue weighted by Crippen LogP contribution is 2.57. The standard InChI is InChI=1S/C59H51N3O/c1-5-58(6-2)51-24-16-15-23-47(51)48-34-32-45(38-52(48)58)62(43-29-27-40(28-30-43)57-60-55-25-17-18-26-56(55)63-57)46-33-36-50-49-35-31-44(37-53(49)59(7-3,8-4)54(50)39-46)61(41-19-11-9-12-20-41)42-21-13-10-14-22-42/h9-39H,5-8H2,1-4H3. The summed E-state index contributed by atoms with van der Waals surface area (Å²) in [6.45, 7) is 9.43. The van der Waals surface area contributed by atoms with Crippen LogP contribution in [0.5, 0.6) is 0 Å². The molecule has 0 spiro atoms. The molecule has 63 heavy (non-hydrogen) atoms. The summed E-state index contributed by atoms with van der Waals surface area (Å²) in [5.41, 5.74) is 20.2. The molecule has 0 saturated heterocycles. The molecule has 0 N–H and O–H groups in total. The molecule has 9 aromatic rings. The van der Waals surface area contributed by atoms with Crippen LogP contribution in [0.1, 0.15) is 75.6 Å². The van der Waals surface area contributed by atoms with Crippen molar-refractivity contribution in [2.45, 2.75) is 64.2 Å². The number of aromatic nitrogens is 1. The normalized spacial score (nSPS) is 13.9. The lowest BCUT2D eigenvalue weighted by atomic mass is 9.73. The number of rotatable bonds is 11. The maximum Gasteiger partial charge on any atom is 0.227 e. The van der Waals surface area contributed by atoms with Gasteiger partial charge in [-0.25, -0.2) is 4.98 Å². The first-order chi connectivity index (χ1) is 31.0. The summed E-state index contributed by atoms with van der Waals surface area (Å²) in [6, 6.07) is 68.8. The molecule has 0 bridgehead atoms. The number of fused-ring (bicyclic) bond motifs is 7. The number of hydrogen-bond donors (Lipinski definition) is 0. The minimum absolute atomic E-state index is 0.0470. The van der Waals surface area contributed by atoms with Crippen molar-refractivity contribution < 1.29 is 4.42 Å². The largest absolute Gasteiger partial charge is 0.436 e. The first-order valence-corrected chi connectivity index (χ1v) is 22.7. The lowest BCUT2D eigenvalue weighted by molar-refractivity contribution is 0.490. The van der Waals surface area contributed by atoms with Gasteiger partial charge in [0.25, 0.3) is 0 Å². The Kier molecular flexibility index (Phi) is 9.42. The van der Waals surface area contributed by atoms with Crippen molar-refractivity contribution in [1.29, 1.82) is 0 Å². The first-order valence-electron chi connectivity index (χ1n) is 22.7. The van der Waals surface area contributed by atoms with Crippen LogP contribution in [0.2, 0.25) is 0 Å². The SMILES string of the molecule is CCC1(CC)c2ccccc2-c2ccc(N(c3ccc(-c4nc5ccccc5o4)cc3)c3ccc4c(c3)C(CC)(CC)c3cc(N(c5ccccc5)c5ccccc5)ccc3-4)cc21. The van der Waals surface area contributed by atoms with Gasteiger partial charge in [-0.05, 0) is 167 Å². The second kappa shape index (κ2) is 15.3. The Balaban J connectivity index is 1.06. The number of anilines is 6. The van der Waals surface area contributed by atoms with Gasteiger partial charge >= 0.3 is 0 Å². The topological polar surface area (TPSA) is 32.5 Å². The number of nitrogens with zero attached hydrogens (tertiary/aromatic N) is 3. The van der Waals surface area contributed by atoms with Gasteiger partial charge < -0.3 is 14.2 Å². The smallest absolute Gasteiger partial charge is 0.227 e. The molecule has 0 unspecified atom stereocenters.